The quantitative estimate of drug-likeness (QED) is 0.422. The number of benzene rings is 2. The molecule has 0 bridgehead atoms. The van der Waals surface area contributed by atoms with Crippen LogP contribution in [0.5, 0.6) is 5.75 Å². The molecule has 1 aromatic heterocycles. The molecule has 1 fully saturated rings. The molecule has 4 rings (SSSR count). The van der Waals surface area contributed by atoms with Crippen molar-refractivity contribution in [3.63, 3.8) is 0 Å². The highest BCUT2D eigenvalue weighted by molar-refractivity contribution is 7.92. The van der Waals surface area contributed by atoms with Gasteiger partial charge in [-0.15, -0.1) is 5.10 Å². The van der Waals surface area contributed by atoms with Gasteiger partial charge in [0.2, 0.25) is 10.0 Å². The smallest absolute Gasteiger partial charge is 0.253 e. The molecule has 1 N–H and O–H groups in total. The van der Waals surface area contributed by atoms with E-state index in [1.54, 1.807) is 9.58 Å². The lowest BCUT2D eigenvalue weighted by Gasteiger charge is -2.19. The highest BCUT2D eigenvalue weighted by Gasteiger charge is 2.27. The monoisotopic (exact) mass is 537 g/mol. The number of nitrogens with one attached hydrogen (secondary N) is 1. The Labute approximate surface area is 224 Å². The van der Waals surface area contributed by atoms with Crippen LogP contribution in [0.25, 0.3) is 0 Å². The average molecular weight is 538 g/mol. The van der Waals surface area contributed by atoms with Crippen molar-refractivity contribution in [2.24, 2.45) is 5.92 Å². The van der Waals surface area contributed by atoms with Crippen molar-refractivity contribution in [3.05, 3.63) is 89.1 Å². The summed E-state index contributed by atoms with van der Waals surface area (Å²) in [5.74, 6) is 0.817. The van der Waals surface area contributed by atoms with Gasteiger partial charge in [0, 0.05) is 30.6 Å². The van der Waals surface area contributed by atoms with Gasteiger partial charge in [-0.1, -0.05) is 56.8 Å². The lowest BCUT2D eigenvalue weighted by molar-refractivity contribution is 0.0787. The second kappa shape index (κ2) is 11.5. The Balaban J connectivity index is 1.26. The second-order valence-corrected chi connectivity index (χ2v) is 12.3. The minimum absolute atomic E-state index is 0.0543. The van der Waals surface area contributed by atoms with Crippen molar-refractivity contribution in [1.29, 1.82) is 0 Å². The molecular formula is C28H35N5O4S. The molecular weight excluding hydrogens is 502 g/mol. The first-order valence-corrected chi connectivity index (χ1v) is 14.2. The Morgan fingerprint density at radius 1 is 1.16 bits per heavy atom. The molecule has 0 aliphatic carbocycles. The lowest BCUT2D eigenvalue weighted by Crippen LogP contribution is -2.32. The maximum absolute atomic E-state index is 12.9. The molecule has 1 aliphatic heterocycles. The lowest BCUT2D eigenvalue weighted by atomic mass is 9.87. The molecule has 10 heteroatoms. The van der Waals surface area contributed by atoms with Gasteiger partial charge < -0.3 is 9.64 Å². The summed E-state index contributed by atoms with van der Waals surface area (Å²) in [5.41, 5.74) is 3.68. The number of likely N-dealkylation sites (tertiary alicyclic amines) is 1. The number of sulfonamides is 1. The van der Waals surface area contributed by atoms with E-state index < -0.39 is 10.0 Å². The molecule has 38 heavy (non-hydrogen) atoms. The van der Waals surface area contributed by atoms with Crippen LogP contribution in [0.1, 0.15) is 54.4 Å². The first kappa shape index (κ1) is 27.5. The van der Waals surface area contributed by atoms with Gasteiger partial charge in [0.05, 0.1) is 12.7 Å². The van der Waals surface area contributed by atoms with E-state index in [0.29, 0.717) is 38.3 Å². The van der Waals surface area contributed by atoms with Crippen LogP contribution in [-0.2, 0) is 28.6 Å². The van der Waals surface area contributed by atoms with E-state index in [9.17, 15) is 13.2 Å². The van der Waals surface area contributed by atoms with Crippen molar-refractivity contribution in [2.75, 3.05) is 19.6 Å². The summed E-state index contributed by atoms with van der Waals surface area (Å²) in [6.45, 7) is 12.1. The fourth-order valence-corrected chi connectivity index (χ4v) is 4.88. The molecule has 9 nitrogen and oxygen atoms in total. The van der Waals surface area contributed by atoms with Gasteiger partial charge in [-0.05, 0) is 53.1 Å². The van der Waals surface area contributed by atoms with Crippen molar-refractivity contribution in [3.8, 4) is 5.75 Å². The summed E-state index contributed by atoms with van der Waals surface area (Å²) >= 11 is 0. The van der Waals surface area contributed by atoms with Crippen LogP contribution in [0, 0.1) is 5.92 Å². The van der Waals surface area contributed by atoms with Gasteiger partial charge in [-0.25, -0.2) is 17.8 Å². The van der Waals surface area contributed by atoms with Gasteiger partial charge >= 0.3 is 0 Å². The third-order valence-electron chi connectivity index (χ3n) is 6.60. The Hall–Kier alpha value is -3.50. The number of aromatic nitrogens is 3. The zero-order valence-electron chi connectivity index (χ0n) is 22.1. The Morgan fingerprint density at radius 3 is 2.53 bits per heavy atom. The van der Waals surface area contributed by atoms with E-state index >= 15 is 0 Å². The van der Waals surface area contributed by atoms with Gasteiger partial charge in [0.15, 0.2) is 0 Å². The third kappa shape index (κ3) is 7.29. The normalized spacial score (nSPS) is 16.0. The van der Waals surface area contributed by atoms with Crippen LogP contribution < -0.4 is 9.46 Å². The van der Waals surface area contributed by atoms with Crippen LogP contribution >= 0.6 is 0 Å². The molecule has 2 aromatic carbocycles. The van der Waals surface area contributed by atoms with E-state index in [2.05, 4.69) is 54.5 Å². The summed E-state index contributed by atoms with van der Waals surface area (Å²) in [5, 5.41) is 9.30. The maximum Gasteiger partial charge on any atom is 0.253 e. The molecule has 1 aliphatic rings. The van der Waals surface area contributed by atoms with Gasteiger partial charge in [0.25, 0.3) is 5.91 Å². The summed E-state index contributed by atoms with van der Waals surface area (Å²) in [4.78, 5) is 14.7. The number of carbonyl (C=O) groups is 1. The fraction of sp³-hybridized carbons (Fsp3) is 0.393. The van der Waals surface area contributed by atoms with Crippen molar-refractivity contribution in [1.82, 2.24) is 24.6 Å². The topological polar surface area (TPSA) is 106 Å². The summed E-state index contributed by atoms with van der Waals surface area (Å²) in [7, 11) is -3.46. The zero-order valence-corrected chi connectivity index (χ0v) is 22.9. The first-order chi connectivity index (χ1) is 18.0. The van der Waals surface area contributed by atoms with E-state index in [-0.39, 0.29) is 17.2 Å². The van der Waals surface area contributed by atoms with Crippen LogP contribution in [0.2, 0.25) is 0 Å². The van der Waals surface area contributed by atoms with Gasteiger partial charge in [0.1, 0.15) is 18.1 Å². The molecule has 1 saturated heterocycles. The number of hydrogen-bond donors (Lipinski definition) is 1. The maximum atomic E-state index is 12.9. The van der Waals surface area contributed by atoms with Crippen molar-refractivity contribution >= 4 is 15.9 Å². The minimum Gasteiger partial charge on any atom is -0.487 e. The van der Waals surface area contributed by atoms with Crippen LogP contribution in [0.4, 0.5) is 0 Å². The molecule has 0 spiro atoms. The predicted octanol–water partition coefficient (Wildman–Crippen LogP) is 3.73. The van der Waals surface area contributed by atoms with E-state index in [1.807, 2.05) is 42.6 Å². The Kier molecular flexibility index (Phi) is 8.32. The standard InChI is InChI=1S/C28H35N5O4S/c1-5-38(35,36)29-16-22-14-15-32(17-22)27(34)23-8-6-21(7-9-23)18-33-19-25(30-31-33)20-37-26-12-10-24(11-13-26)28(2,3)4/h5-13,19,22,29H,1,14-18,20H2,2-4H3/t22-/m1/s1. The molecule has 3 aromatic rings. The second-order valence-electron chi connectivity index (χ2n) is 10.6. The summed E-state index contributed by atoms with van der Waals surface area (Å²) < 4.78 is 33.2. The SMILES string of the molecule is C=CS(=O)(=O)NC[C@H]1CCN(C(=O)c2ccc(Cn3cc(COc4ccc(C(C)(C)C)cc4)nn3)cc2)C1. The molecule has 2 heterocycles. The largest absolute Gasteiger partial charge is 0.487 e. The van der Waals surface area contributed by atoms with E-state index in [4.69, 9.17) is 4.74 Å². The molecule has 1 amide bonds. The number of ether oxygens (including phenoxy) is 1. The third-order valence-corrected chi connectivity index (χ3v) is 7.61. The van der Waals surface area contributed by atoms with Gasteiger partial charge in [-0.2, -0.15) is 0 Å². The summed E-state index contributed by atoms with van der Waals surface area (Å²) in [6.07, 6.45) is 2.61. The van der Waals surface area contributed by atoms with Crippen molar-refractivity contribution in [2.45, 2.75) is 45.8 Å². The fourth-order valence-electron chi connectivity index (χ4n) is 4.29. The van der Waals surface area contributed by atoms with Crippen LogP contribution in [-0.4, -0.2) is 53.9 Å². The molecule has 1 atom stereocenters. The van der Waals surface area contributed by atoms with E-state index in [1.165, 1.54) is 5.56 Å². The number of rotatable bonds is 10. The van der Waals surface area contributed by atoms with Crippen molar-refractivity contribution < 1.29 is 17.9 Å². The van der Waals surface area contributed by atoms with E-state index in [0.717, 1.165) is 28.8 Å². The minimum atomic E-state index is -3.46. The Morgan fingerprint density at radius 2 is 1.87 bits per heavy atom. The highest BCUT2D eigenvalue weighted by Crippen LogP contribution is 2.24. The summed E-state index contributed by atoms with van der Waals surface area (Å²) in [6, 6.07) is 15.6. The molecule has 0 unspecified atom stereocenters. The van der Waals surface area contributed by atoms with Gasteiger partial charge in [-0.3, -0.25) is 4.79 Å². The van der Waals surface area contributed by atoms with Crippen LogP contribution in [0.3, 0.4) is 0 Å². The predicted molar refractivity (Wildman–Crippen MR) is 146 cm³/mol. The first-order valence-electron chi connectivity index (χ1n) is 12.6. The highest BCUT2D eigenvalue weighted by atomic mass is 32.2. The number of amides is 1. The zero-order chi connectivity index (χ0) is 27.3. The molecule has 0 radical (unpaired) electrons. The van der Waals surface area contributed by atoms with Crippen LogP contribution in [0.15, 0.2) is 66.7 Å². The average Bonchev–Trinajstić information content (AvgIpc) is 3.56. The number of nitrogens with zero attached hydrogens (tertiary/aromatic N) is 4. The number of hydrogen-bond acceptors (Lipinski definition) is 6. The molecule has 0 saturated carbocycles. The number of carbonyl (C=O) groups excluding carboxylic acids is 1. The Bertz CT molecular complexity index is 1360. The molecule has 202 valence electrons.